The minimum absolute atomic E-state index is 0.171. The number of ketones is 1. The Morgan fingerprint density at radius 2 is 1.13 bits per heavy atom. The summed E-state index contributed by atoms with van der Waals surface area (Å²) >= 11 is 3.39. The van der Waals surface area contributed by atoms with Crippen molar-refractivity contribution in [1.82, 2.24) is 4.90 Å². The van der Waals surface area contributed by atoms with Gasteiger partial charge in [0.2, 0.25) is 0 Å². The minimum Gasteiger partial charge on any atom is -0.377 e. The summed E-state index contributed by atoms with van der Waals surface area (Å²) < 4.78 is 28.4. The maximum Gasteiger partial charge on any atom is 0.188 e. The number of hydrogen-bond donors (Lipinski definition) is 0. The van der Waals surface area contributed by atoms with Crippen molar-refractivity contribution in [2.24, 2.45) is 0 Å². The molecule has 170 valence electrons. The lowest BCUT2D eigenvalue weighted by Gasteiger charge is -2.26. The molecule has 0 amide bonds. The van der Waals surface area contributed by atoms with Crippen molar-refractivity contribution in [3.8, 4) is 0 Å². The lowest BCUT2D eigenvalue weighted by atomic mass is 10.1. The second-order valence-corrected chi connectivity index (χ2v) is 7.91. The van der Waals surface area contributed by atoms with Gasteiger partial charge in [0, 0.05) is 40.5 Å². The molecule has 31 heavy (non-hydrogen) atoms. The van der Waals surface area contributed by atoms with E-state index in [1.807, 2.05) is 6.07 Å². The molecule has 0 saturated carbocycles. The van der Waals surface area contributed by atoms with Gasteiger partial charge in [0.1, 0.15) is 0 Å². The zero-order valence-electron chi connectivity index (χ0n) is 17.5. The van der Waals surface area contributed by atoms with E-state index in [0.717, 1.165) is 11.3 Å². The summed E-state index contributed by atoms with van der Waals surface area (Å²) in [5.74, 6) is -0.171. The van der Waals surface area contributed by atoms with E-state index in [2.05, 4.69) is 20.8 Å². The molecule has 0 radical (unpaired) electrons. The quantitative estimate of drug-likeness (QED) is 0.580. The van der Waals surface area contributed by atoms with Gasteiger partial charge < -0.3 is 28.6 Å². The smallest absolute Gasteiger partial charge is 0.188 e. The van der Waals surface area contributed by atoms with Gasteiger partial charge in [-0.25, -0.2) is 0 Å². The fourth-order valence-corrected chi connectivity index (χ4v) is 3.75. The summed E-state index contributed by atoms with van der Waals surface area (Å²) in [6.07, 6.45) is 1.58. The molecule has 3 rings (SSSR count). The van der Waals surface area contributed by atoms with Crippen LogP contribution in [0.4, 0.5) is 0 Å². The third kappa shape index (κ3) is 7.78. The summed E-state index contributed by atoms with van der Waals surface area (Å²) in [6.45, 7) is 6.07. The van der Waals surface area contributed by atoms with E-state index >= 15 is 0 Å². The van der Waals surface area contributed by atoms with Crippen LogP contribution < -0.4 is 5.43 Å². The lowest BCUT2D eigenvalue weighted by molar-refractivity contribution is -0.0159. The molecule has 0 aromatic heterocycles. The zero-order chi connectivity index (χ0) is 21.9. The van der Waals surface area contributed by atoms with Crippen LogP contribution >= 0.6 is 15.9 Å². The summed E-state index contributed by atoms with van der Waals surface area (Å²) in [5, 5.41) is 0. The van der Waals surface area contributed by atoms with Gasteiger partial charge in [-0.15, -0.1) is 0 Å². The largest absolute Gasteiger partial charge is 0.377 e. The SMILES string of the molecule is O=C1C=C(N2CCOCCOCCOCCOCCOCC2)c2cc(Br)cc(=O)cc21. The van der Waals surface area contributed by atoms with Crippen molar-refractivity contribution in [2.75, 3.05) is 79.2 Å². The standard InChI is InChI=1S/C22H28BrNO7/c23-17-13-18(25)15-20-19(14-17)21(16-22(20)26)24-1-3-27-5-7-29-9-11-31-12-10-30-8-6-28-4-2-24/h13-16H,1-12H2. The zero-order valence-corrected chi connectivity index (χ0v) is 19.1. The summed E-state index contributed by atoms with van der Waals surface area (Å²) in [4.78, 5) is 26.6. The predicted octanol–water partition coefficient (Wildman–Crippen LogP) is 1.75. The van der Waals surface area contributed by atoms with Crippen LogP contribution in [0.5, 0.6) is 0 Å². The number of carbonyl (C=O) groups is 1. The van der Waals surface area contributed by atoms with Gasteiger partial charge in [-0.05, 0) is 18.2 Å². The highest BCUT2D eigenvalue weighted by Gasteiger charge is 2.25. The maximum atomic E-state index is 12.6. The Morgan fingerprint density at radius 1 is 0.645 bits per heavy atom. The van der Waals surface area contributed by atoms with Crippen molar-refractivity contribution in [3.63, 3.8) is 0 Å². The van der Waals surface area contributed by atoms with Gasteiger partial charge in [-0.1, -0.05) is 15.9 Å². The maximum absolute atomic E-state index is 12.6. The molecule has 1 aliphatic carbocycles. The Morgan fingerprint density at radius 3 is 1.65 bits per heavy atom. The molecule has 0 atom stereocenters. The number of rotatable bonds is 1. The molecule has 0 bridgehead atoms. The highest BCUT2D eigenvalue weighted by molar-refractivity contribution is 9.10. The van der Waals surface area contributed by atoms with Crippen LogP contribution in [0.15, 0.2) is 33.5 Å². The average molecular weight is 498 g/mol. The van der Waals surface area contributed by atoms with Crippen LogP contribution in [0.2, 0.25) is 0 Å². The molecule has 2 aliphatic rings. The van der Waals surface area contributed by atoms with E-state index in [1.54, 1.807) is 6.08 Å². The molecule has 1 aromatic rings. The van der Waals surface area contributed by atoms with Crippen molar-refractivity contribution >= 4 is 27.4 Å². The van der Waals surface area contributed by atoms with Crippen molar-refractivity contribution in [3.05, 3.63) is 50.1 Å². The average Bonchev–Trinajstić information content (AvgIpc) is 2.93. The van der Waals surface area contributed by atoms with Gasteiger partial charge in [0.25, 0.3) is 0 Å². The first-order valence-corrected chi connectivity index (χ1v) is 11.2. The third-order valence-electron chi connectivity index (χ3n) is 4.79. The van der Waals surface area contributed by atoms with Crippen molar-refractivity contribution in [2.45, 2.75) is 0 Å². The van der Waals surface area contributed by atoms with E-state index in [1.165, 1.54) is 12.1 Å². The van der Waals surface area contributed by atoms with E-state index in [9.17, 15) is 9.59 Å². The molecule has 8 nitrogen and oxygen atoms in total. The first-order chi connectivity index (χ1) is 15.1. The number of fused-ring (bicyclic) bond motifs is 1. The molecule has 1 heterocycles. The van der Waals surface area contributed by atoms with Crippen LogP contribution in [0.1, 0.15) is 15.9 Å². The molecule has 1 aromatic carbocycles. The topological polar surface area (TPSA) is 83.5 Å². The van der Waals surface area contributed by atoms with Gasteiger partial charge in [-0.3, -0.25) is 9.59 Å². The normalized spacial score (nSPS) is 20.5. The Hall–Kier alpha value is -1.62. The van der Waals surface area contributed by atoms with Crippen LogP contribution in [0, 0.1) is 0 Å². The van der Waals surface area contributed by atoms with E-state index in [0.29, 0.717) is 89.2 Å². The Balaban J connectivity index is 1.68. The van der Waals surface area contributed by atoms with Crippen LogP contribution in [-0.4, -0.2) is 89.8 Å². The first kappa shape index (κ1) is 24.0. The fraction of sp³-hybridized carbons (Fsp3) is 0.545. The monoisotopic (exact) mass is 497 g/mol. The molecule has 0 N–H and O–H groups in total. The fourth-order valence-electron chi connectivity index (χ4n) is 3.30. The van der Waals surface area contributed by atoms with Crippen molar-refractivity contribution in [1.29, 1.82) is 0 Å². The lowest BCUT2D eigenvalue weighted by Crippen LogP contribution is -2.30. The van der Waals surface area contributed by atoms with E-state index < -0.39 is 0 Å². The highest BCUT2D eigenvalue weighted by Crippen LogP contribution is 2.30. The van der Waals surface area contributed by atoms with Gasteiger partial charge in [0.05, 0.1) is 66.1 Å². The van der Waals surface area contributed by atoms with Gasteiger partial charge in [-0.2, -0.15) is 0 Å². The van der Waals surface area contributed by atoms with E-state index in [4.69, 9.17) is 23.7 Å². The Labute approximate surface area is 190 Å². The number of nitrogens with zero attached hydrogens (tertiary/aromatic N) is 1. The molecular weight excluding hydrogens is 470 g/mol. The predicted molar refractivity (Wildman–Crippen MR) is 118 cm³/mol. The molecule has 1 saturated heterocycles. The molecule has 0 spiro atoms. The molecule has 1 aliphatic heterocycles. The van der Waals surface area contributed by atoms with Crippen LogP contribution in [0.3, 0.4) is 0 Å². The Kier molecular flexibility index (Phi) is 10.1. The highest BCUT2D eigenvalue weighted by atomic mass is 79.9. The number of halogens is 1. The molecule has 9 heteroatoms. The molecule has 1 fully saturated rings. The van der Waals surface area contributed by atoms with Gasteiger partial charge in [0.15, 0.2) is 11.2 Å². The molecular formula is C22H28BrNO7. The number of allylic oxidation sites excluding steroid dienone is 1. The number of hydrogen-bond acceptors (Lipinski definition) is 8. The summed E-state index contributed by atoms with van der Waals surface area (Å²) in [6, 6.07) is 4.66. The number of ether oxygens (including phenoxy) is 5. The molecule has 0 unspecified atom stereocenters. The number of carbonyl (C=O) groups excluding carboxylic acids is 1. The van der Waals surface area contributed by atoms with E-state index in [-0.39, 0.29) is 11.2 Å². The summed E-state index contributed by atoms with van der Waals surface area (Å²) in [5.41, 5.74) is 1.69. The van der Waals surface area contributed by atoms with Crippen molar-refractivity contribution < 1.29 is 28.5 Å². The van der Waals surface area contributed by atoms with Crippen LogP contribution in [-0.2, 0) is 23.7 Å². The Bertz CT molecular complexity index is 812. The second-order valence-electron chi connectivity index (χ2n) is 6.99. The minimum atomic E-state index is -0.215. The third-order valence-corrected chi connectivity index (χ3v) is 5.25. The van der Waals surface area contributed by atoms with Gasteiger partial charge >= 0.3 is 0 Å². The first-order valence-electron chi connectivity index (χ1n) is 10.4. The second kappa shape index (κ2) is 13.0. The summed E-state index contributed by atoms with van der Waals surface area (Å²) in [7, 11) is 0. The van der Waals surface area contributed by atoms with Crippen LogP contribution in [0.25, 0.3) is 5.70 Å².